The minimum Gasteiger partial charge on any atom is -0.459 e. The van der Waals surface area contributed by atoms with Gasteiger partial charge in [0, 0.05) is 44.5 Å². The molecule has 0 bridgehead atoms. The maximum atomic E-state index is 12.4. The van der Waals surface area contributed by atoms with Gasteiger partial charge in [-0.3, -0.25) is 19.2 Å². The number of carbonyl (C=O) groups is 4. The van der Waals surface area contributed by atoms with Crippen LogP contribution in [0.3, 0.4) is 0 Å². The van der Waals surface area contributed by atoms with Crippen LogP contribution in [-0.2, 0) is 14.4 Å². The van der Waals surface area contributed by atoms with Crippen LogP contribution in [0.25, 0.3) is 0 Å². The maximum Gasteiger partial charge on any atom is 0.313 e. The molecule has 28 heavy (non-hydrogen) atoms. The fourth-order valence-electron chi connectivity index (χ4n) is 2.84. The first kappa shape index (κ1) is 19.2. The molecule has 1 fully saturated rings. The molecular formula is C19H20N4O5. The highest BCUT2D eigenvalue weighted by Gasteiger charge is 2.29. The van der Waals surface area contributed by atoms with Crippen LogP contribution in [0.4, 0.5) is 11.4 Å². The average Bonchev–Trinajstić information content (AvgIpc) is 3.23. The molecule has 1 saturated heterocycles. The molecule has 9 nitrogen and oxygen atoms in total. The van der Waals surface area contributed by atoms with E-state index in [0.29, 0.717) is 24.5 Å². The number of nitrogens with zero attached hydrogens (tertiary/aromatic N) is 2. The molecule has 0 saturated carbocycles. The Morgan fingerprint density at radius 2 is 1.43 bits per heavy atom. The number of rotatable bonds is 3. The van der Waals surface area contributed by atoms with Crippen molar-refractivity contribution < 1.29 is 23.6 Å². The van der Waals surface area contributed by atoms with Crippen molar-refractivity contribution in [3.63, 3.8) is 0 Å². The molecule has 0 aliphatic carbocycles. The highest BCUT2D eigenvalue weighted by Crippen LogP contribution is 2.14. The number of furan rings is 1. The Morgan fingerprint density at radius 3 is 1.96 bits per heavy atom. The van der Waals surface area contributed by atoms with E-state index in [0.717, 1.165) is 0 Å². The first-order valence-electron chi connectivity index (χ1n) is 8.75. The van der Waals surface area contributed by atoms with Gasteiger partial charge in [-0.2, -0.15) is 0 Å². The summed E-state index contributed by atoms with van der Waals surface area (Å²) >= 11 is 0. The van der Waals surface area contributed by atoms with Gasteiger partial charge in [-0.25, -0.2) is 0 Å². The van der Waals surface area contributed by atoms with Crippen LogP contribution < -0.4 is 10.6 Å². The van der Waals surface area contributed by atoms with Crippen LogP contribution in [0, 0.1) is 0 Å². The van der Waals surface area contributed by atoms with Gasteiger partial charge in [0.2, 0.25) is 5.91 Å². The molecule has 1 aliphatic heterocycles. The van der Waals surface area contributed by atoms with Crippen LogP contribution >= 0.6 is 0 Å². The van der Waals surface area contributed by atoms with Gasteiger partial charge in [-0.1, -0.05) is 0 Å². The number of nitrogens with one attached hydrogen (secondary N) is 2. The Balaban J connectivity index is 1.51. The predicted molar refractivity (Wildman–Crippen MR) is 101 cm³/mol. The van der Waals surface area contributed by atoms with Crippen LogP contribution in [0.5, 0.6) is 0 Å². The highest BCUT2D eigenvalue weighted by molar-refractivity contribution is 6.39. The summed E-state index contributed by atoms with van der Waals surface area (Å²) in [5, 5.41) is 5.15. The second-order valence-corrected chi connectivity index (χ2v) is 6.27. The predicted octanol–water partition coefficient (Wildman–Crippen LogP) is 1.16. The fourth-order valence-corrected chi connectivity index (χ4v) is 2.84. The summed E-state index contributed by atoms with van der Waals surface area (Å²) in [6.45, 7) is 2.57. The first-order valence-corrected chi connectivity index (χ1v) is 8.75. The molecule has 2 aromatic rings. The summed E-state index contributed by atoms with van der Waals surface area (Å²) in [6.07, 6.45) is 1.43. The third-order valence-electron chi connectivity index (χ3n) is 4.24. The van der Waals surface area contributed by atoms with Gasteiger partial charge >= 0.3 is 11.8 Å². The molecule has 2 heterocycles. The Labute approximate surface area is 161 Å². The molecule has 0 radical (unpaired) electrons. The van der Waals surface area contributed by atoms with Gasteiger partial charge in [0.15, 0.2) is 5.76 Å². The molecule has 3 rings (SSSR count). The quantitative estimate of drug-likeness (QED) is 0.772. The van der Waals surface area contributed by atoms with Gasteiger partial charge in [0.1, 0.15) is 0 Å². The zero-order valence-electron chi connectivity index (χ0n) is 15.3. The van der Waals surface area contributed by atoms with E-state index in [1.807, 2.05) is 0 Å². The van der Waals surface area contributed by atoms with Crippen molar-refractivity contribution in [3.8, 4) is 0 Å². The Hall–Kier alpha value is -3.62. The van der Waals surface area contributed by atoms with E-state index < -0.39 is 11.8 Å². The van der Waals surface area contributed by atoms with Crippen LogP contribution in [-0.4, -0.2) is 59.6 Å². The SMILES string of the molecule is CC(=O)Nc1ccc(NC(=O)C(=O)N2CCN(C(=O)c3ccco3)CC2)cc1. The summed E-state index contributed by atoms with van der Waals surface area (Å²) in [6, 6.07) is 9.67. The van der Waals surface area contributed by atoms with E-state index in [9.17, 15) is 19.2 Å². The standard InChI is InChI=1S/C19H20N4O5/c1-13(24)20-14-4-6-15(7-5-14)21-17(25)19(27)23-10-8-22(9-11-23)18(26)16-3-2-12-28-16/h2-7,12H,8-11H2,1H3,(H,20,24)(H,21,25). The zero-order valence-corrected chi connectivity index (χ0v) is 15.3. The zero-order chi connectivity index (χ0) is 20.1. The maximum absolute atomic E-state index is 12.4. The second kappa shape index (κ2) is 8.38. The monoisotopic (exact) mass is 384 g/mol. The van der Waals surface area contributed by atoms with E-state index >= 15 is 0 Å². The lowest BCUT2D eigenvalue weighted by atomic mass is 10.2. The van der Waals surface area contributed by atoms with Crippen LogP contribution in [0.15, 0.2) is 47.1 Å². The number of hydrogen-bond donors (Lipinski definition) is 2. The molecule has 2 N–H and O–H groups in total. The lowest BCUT2D eigenvalue weighted by Crippen LogP contribution is -2.52. The summed E-state index contributed by atoms with van der Waals surface area (Å²) in [5.41, 5.74) is 1.04. The van der Waals surface area contributed by atoms with Crippen molar-refractivity contribution in [1.82, 2.24) is 9.80 Å². The molecule has 9 heteroatoms. The largest absolute Gasteiger partial charge is 0.459 e. The fraction of sp³-hybridized carbons (Fsp3) is 0.263. The third-order valence-corrected chi connectivity index (χ3v) is 4.24. The van der Waals surface area contributed by atoms with Crippen molar-refractivity contribution in [2.24, 2.45) is 0 Å². The van der Waals surface area contributed by atoms with E-state index in [1.54, 1.807) is 41.3 Å². The molecule has 1 aliphatic rings. The van der Waals surface area contributed by atoms with E-state index in [1.165, 1.54) is 18.1 Å². The van der Waals surface area contributed by atoms with Gasteiger partial charge in [-0.05, 0) is 36.4 Å². The molecule has 0 spiro atoms. The Morgan fingerprint density at radius 1 is 0.857 bits per heavy atom. The van der Waals surface area contributed by atoms with Gasteiger partial charge in [0.05, 0.1) is 6.26 Å². The van der Waals surface area contributed by atoms with Crippen molar-refractivity contribution in [1.29, 1.82) is 0 Å². The van der Waals surface area contributed by atoms with Crippen molar-refractivity contribution in [2.75, 3.05) is 36.8 Å². The topological polar surface area (TPSA) is 112 Å². The van der Waals surface area contributed by atoms with Gasteiger partial charge in [-0.15, -0.1) is 0 Å². The molecule has 0 atom stereocenters. The molecule has 146 valence electrons. The van der Waals surface area contributed by atoms with Crippen molar-refractivity contribution in [2.45, 2.75) is 6.92 Å². The van der Waals surface area contributed by atoms with Crippen molar-refractivity contribution >= 4 is 35.0 Å². The average molecular weight is 384 g/mol. The molecule has 1 aromatic carbocycles. The first-order chi connectivity index (χ1) is 13.4. The number of carbonyl (C=O) groups excluding carboxylic acids is 4. The van der Waals surface area contributed by atoms with Crippen LogP contribution in [0.1, 0.15) is 17.5 Å². The number of anilines is 2. The summed E-state index contributed by atoms with van der Waals surface area (Å²) in [7, 11) is 0. The minimum atomic E-state index is -0.752. The summed E-state index contributed by atoms with van der Waals surface area (Å²) < 4.78 is 5.10. The molecular weight excluding hydrogens is 364 g/mol. The molecule has 0 unspecified atom stereocenters. The lowest BCUT2D eigenvalue weighted by Gasteiger charge is -2.33. The second-order valence-electron chi connectivity index (χ2n) is 6.27. The molecule has 4 amide bonds. The third kappa shape index (κ3) is 4.56. The summed E-state index contributed by atoms with van der Waals surface area (Å²) in [5.74, 6) is -1.59. The van der Waals surface area contributed by atoms with E-state index in [4.69, 9.17) is 4.42 Å². The minimum absolute atomic E-state index is 0.198. The van der Waals surface area contributed by atoms with Crippen LogP contribution in [0.2, 0.25) is 0 Å². The lowest BCUT2D eigenvalue weighted by molar-refractivity contribution is -0.144. The van der Waals surface area contributed by atoms with Crippen molar-refractivity contribution in [3.05, 3.63) is 48.4 Å². The number of amides is 4. The molecule has 1 aromatic heterocycles. The van der Waals surface area contributed by atoms with Gasteiger partial charge in [0.25, 0.3) is 5.91 Å². The number of hydrogen-bond acceptors (Lipinski definition) is 5. The Kier molecular flexibility index (Phi) is 5.73. The Bertz CT molecular complexity index is 868. The number of benzene rings is 1. The number of piperazine rings is 1. The highest BCUT2D eigenvalue weighted by atomic mass is 16.3. The van der Waals surface area contributed by atoms with Gasteiger partial charge < -0.3 is 24.9 Å². The normalized spacial score (nSPS) is 13.8. The smallest absolute Gasteiger partial charge is 0.313 e. The van der Waals surface area contributed by atoms with E-state index in [-0.39, 0.29) is 30.7 Å². The van der Waals surface area contributed by atoms with E-state index in [2.05, 4.69) is 10.6 Å². The summed E-state index contributed by atoms with van der Waals surface area (Å²) in [4.78, 5) is 50.8.